The van der Waals surface area contributed by atoms with Gasteiger partial charge in [0.15, 0.2) is 0 Å². The molecule has 0 saturated carbocycles. The molecule has 5 nitrogen and oxygen atoms in total. The quantitative estimate of drug-likeness (QED) is 0.499. The van der Waals surface area contributed by atoms with Crippen LogP contribution in [-0.4, -0.2) is 49.0 Å². The summed E-state index contributed by atoms with van der Waals surface area (Å²) in [7, 11) is 1.84. The second kappa shape index (κ2) is 10.0. The first-order valence-corrected chi connectivity index (χ1v) is 11.3. The van der Waals surface area contributed by atoms with Crippen molar-refractivity contribution in [3.05, 3.63) is 71.3 Å². The van der Waals surface area contributed by atoms with Crippen molar-refractivity contribution < 1.29 is 9.84 Å². The van der Waals surface area contributed by atoms with Crippen LogP contribution in [0.15, 0.2) is 65.3 Å². The van der Waals surface area contributed by atoms with Gasteiger partial charge in [0.25, 0.3) is 0 Å². The number of likely N-dealkylation sites (tertiary alicyclic amines) is 1. The molecule has 0 amide bonds. The molecule has 2 aliphatic rings. The highest BCUT2D eigenvalue weighted by molar-refractivity contribution is 5.86. The fourth-order valence-corrected chi connectivity index (χ4v) is 4.92. The topological polar surface area (TPSA) is 57.1 Å². The van der Waals surface area contributed by atoms with E-state index in [2.05, 4.69) is 46.6 Å². The predicted octanol–water partition coefficient (Wildman–Crippen LogP) is 4.83. The second-order valence-electron chi connectivity index (χ2n) is 8.49. The minimum atomic E-state index is -0.0198. The van der Waals surface area contributed by atoms with Crippen LogP contribution in [0.1, 0.15) is 43.2 Å². The lowest BCUT2D eigenvalue weighted by Crippen LogP contribution is -2.40. The summed E-state index contributed by atoms with van der Waals surface area (Å²) in [6, 6.07) is 18.2. The van der Waals surface area contributed by atoms with Gasteiger partial charge in [0.1, 0.15) is 18.1 Å². The summed E-state index contributed by atoms with van der Waals surface area (Å²) in [6.07, 6.45) is 3.80. The monoisotopic (exact) mass is 419 g/mol. The maximum atomic E-state index is 11.3. The van der Waals surface area contributed by atoms with Crippen LogP contribution in [0.5, 0.6) is 5.75 Å². The Bertz CT molecular complexity index is 933. The van der Waals surface area contributed by atoms with Crippen molar-refractivity contribution >= 4 is 11.5 Å². The van der Waals surface area contributed by atoms with Gasteiger partial charge in [-0.05, 0) is 50.6 Å². The van der Waals surface area contributed by atoms with Crippen molar-refractivity contribution in [2.24, 2.45) is 11.0 Å². The van der Waals surface area contributed by atoms with E-state index in [-0.39, 0.29) is 11.8 Å². The van der Waals surface area contributed by atoms with Gasteiger partial charge in [-0.1, -0.05) is 48.9 Å². The number of para-hydroxylation sites is 1. The fourth-order valence-electron chi connectivity index (χ4n) is 4.92. The van der Waals surface area contributed by atoms with E-state index >= 15 is 0 Å². The van der Waals surface area contributed by atoms with Crippen LogP contribution in [0.3, 0.4) is 0 Å². The third-order valence-corrected chi connectivity index (χ3v) is 6.49. The average Bonchev–Trinajstić information content (AvgIpc) is 2.82. The molecule has 2 heterocycles. The van der Waals surface area contributed by atoms with E-state index in [1.54, 1.807) is 0 Å². The number of rotatable bonds is 7. The van der Waals surface area contributed by atoms with Crippen LogP contribution in [-0.2, 0) is 0 Å². The van der Waals surface area contributed by atoms with E-state index in [0.29, 0.717) is 12.4 Å². The summed E-state index contributed by atoms with van der Waals surface area (Å²) in [5.74, 6) is 1.19. The first-order chi connectivity index (χ1) is 15.2. The van der Waals surface area contributed by atoms with Crippen LogP contribution in [0.25, 0.3) is 5.76 Å². The number of aliphatic hydroxyl groups is 1. The molecule has 5 heteroatoms. The van der Waals surface area contributed by atoms with Gasteiger partial charge < -0.3 is 20.2 Å². The van der Waals surface area contributed by atoms with Crippen molar-refractivity contribution in [2.45, 2.75) is 32.1 Å². The summed E-state index contributed by atoms with van der Waals surface area (Å²) < 4.78 is 6.10. The van der Waals surface area contributed by atoms with E-state index < -0.39 is 0 Å². The number of aliphatic hydroxyl groups excluding tert-OH is 1. The number of piperidine rings is 1. The lowest BCUT2D eigenvalue weighted by molar-refractivity contribution is 0.204. The van der Waals surface area contributed by atoms with Crippen LogP contribution in [0, 0.1) is 5.92 Å². The third kappa shape index (κ3) is 4.77. The molecule has 2 N–H and O–H groups in total. The third-order valence-electron chi connectivity index (χ3n) is 6.49. The van der Waals surface area contributed by atoms with E-state index in [1.807, 2.05) is 37.4 Å². The number of nitrogens with one attached hydrogen (secondary N) is 1. The summed E-state index contributed by atoms with van der Waals surface area (Å²) in [4.78, 5) is 2.55. The molecule has 0 spiro atoms. The van der Waals surface area contributed by atoms with Crippen molar-refractivity contribution in [3.8, 4) is 5.75 Å². The normalized spacial score (nSPS) is 19.4. The number of hydrazone groups is 1. The minimum Gasteiger partial charge on any atom is -0.507 e. The van der Waals surface area contributed by atoms with Gasteiger partial charge in [0.2, 0.25) is 0 Å². The predicted molar refractivity (Wildman–Crippen MR) is 127 cm³/mol. The lowest BCUT2D eigenvalue weighted by Gasteiger charge is -2.37. The summed E-state index contributed by atoms with van der Waals surface area (Å²) in [5, 5.41) is 15.9. The molecule has 4 rings (SSSR count). The number of ether oxygens (including phenoxy) is 1. The Balaban J connectivity index is 1.80. The van der Waals surface area contributed by atoms with Crippen molar-refractivity contribution in [3.63, 3.8) is 0 Å². The average molecular weight is 420 g/mol. The zero-order chi connectivity index (χ0) is 21.6. The van der Waals surface area contributed by atoms with Crippen LogP contribution in [0.4, 0.5) is 0 Å². The van der Waals surface area contributed by atoms with Gasteiger partial charge in [0.05, 0.1) is 5.56 Å². The minimum absolute atomic E-state index is 0.0198. The first-order valence-electron chi connectivity index (χ1n) is 11.3. The number of hydrogen-bond donors (Lipinski definition) is 2. The molecule has 2 atom stereocenters. The van der Waals surface area contributed by atoms with Crippen LogP contribution < -0.4 is 10.2 Å². The molecule has 1 fully saturated rings. The SMILES string of the molecule is CNN=C(C)C(CN1CCCCC1)C(C1=C(O)c2ccccc2OC1)c1ccccc1. The van der Waals surface area contributed by atoms with Gasteiger partial charge in [-0.3, -0.25) is 0 Å². The first kappa shape index (κ1) is 21.4. The van der Waals surface area contributed by atoms with Crippen molar-refractivity contribution in [1.82, 2.24) is 10.3 Å². The Morgan fingerprint density at radius 1 is 1.06 bits per heavy atom. The molecule has 0 aromatic heterocycles. The van der Waals surface area contributed by atoms with Crippen molar-refractivity contribution in [1.29, 1.82) is 0 Å². The summed E-state index contributed by atoms with van der Waals surface area (Å²) in [5.41, 5.74) is 6.90. The Morgan fingerprint density at radius 2 is 1.77 bits per heavy atom. The van der Waals surface area contributed by atoms with Crippen LogP contribution >= 0.6 is 0 Å². The molecule has 0 radical (unpaired) electrons. The summed E-state index contributed by atoms with van der Waals surface area (Å²) >= 11 is 0. The molecular weight excluding hydrogens is 386 g/mol. The molecule has 2 aromatic rings. The highest BCUT2D eigenvalue weighted by Gasteiger charge is 2.35. The maximum Gasteiger partial charge on any atom is 0.130 e. The molecule has 1 saturated heterocycles. The van der Waals surface area contributed by atoms with Gasteiger partial charge in [-0.15, -0.1) is 0 Å². The van der Waals surface area contributed by atoms with Gasteiger partial charge >= 0.3 is 0 Å². The number of nitrogens with zero attached hydrogens (tertiary/aromatic N) is 2. The molecule has 164 valence electrons. The Hall–Kier alpha value is -2.79. The maximum absolute atomic E-state index is 11.3. The zero-order valence-corrected chi connectivity index (χ0v) is 18.6. The highest BCUT2D eigenvalue weighted by Crippen LogP contribution is 2.41. The lowest BCUT2D eigenvalue weighted by atomic mass is 9.76. The molecule has 0 aliphatic carbocycles. The number of fused-ring (bicyclic) bond motifs is 1. The summed E-state index contributed by atoms with van der Waals surface area (Å²) in [6.45, 7) is 5.63. The molecular formula is C26H33N3O2. The van der Waals surface area contributed by atoms with E-state index in [9.17, 15) is 5.11 Å². The van der Waals surface area contributed by atoms with Crippen molar-refractivity contribution in [2.75, 3.05) is 33.3 Å². The smallest absolute Gasteiger partial charge is 0.130 e. The highest BCUT2D eigenvalue weighted by atomic mass is 16.5. The van der Waals surface area contributed by atoms with Gasteiger partial charge in [-0.2, -0.15) is 5.10 Å². The molecule has 2 unspecified atom stereocenters. The molecule has 2 aromatic carbocycles. The second-order valence-corrected chi connectivity index (χ2v) is 8.49. The molecule has 0 bridgehead atoms. The van der Waals surface area contributed by atoms with E-state index in [0.717, 1.165) is 42.2 Å². The van der Waals surface area contributed by atoms with Gasteiger partial charge in [0, 0.05) is 36.7 Å². The fraction of sp³-hybridized carbons (Fsp3) is 0.423. The van der Waals surface area contributed by atoms with E-state index in [4.69, 9.17) is 4.74 Å². The number of benzene rings is 2. The Labute approximate surface area is 185 Å². The largest absolute Gasteiger partial charge is 0.507 e. The zero-order valence-electron chi connectivity index (χ0n) is 18.6. The molecule has 2 aliphatic heterocycles. The van der Waals surface area contributed by atoms with E-state index in [1.165, 1.54) is 24.8 Å². The Kier molecular flexibility index (Phi) is 6.92. The van der Waals surface area contributed by atoms with Crippen LogP contribution in [0.2, 0.25) is 0 Å². The van der Waals surface area contributed by atoms with Gasteiger partial charge in [-0.25, -0.2) is 0 Å². The Morgan fingerprint density at radius 3 is 2.52 bits per heavy atom. The number of hydrogen-bond acceptors (Lipinski definition) is 5. The standard InChI is InChI=1S/C26H33N3O2/c1-19(28-27-2)22(17-29-15-9-4-10-16-29)25(20-11-5-3-6-12-20)23-18-31-24-14-8-7-13-21(24)26(23)30/h3,5-8,11-14,22,25,27,30H,4,9-10,15-18H2,1-2H3. The molecule has 31 heavy (non-hydrogen) atoms.